The number of hydrogen-bond acceptors (Lipinski definition) is 18. The first-order valence-corrected chi connectivity index (χ1v) is 25.9. The molecule has 408 valence electrons. The summed E-state index contributed by atoms with van der Waals surface area (Å²) in [6.45, 7) is 29.8. The number of aromatic carboxylic acids is 1. The highest BCUT2D eigenvalue weighted by molar-refractivity contribution is 7.84. The van der Waals surface area contributed by atoms with Crippen molar-refractivity contribution in [3.63, 3.8) is 0 Å². The fraction of sp³-hybridized carbons (Fsp3) is 0.558. The van der Waals surface area contributed by atoms with Gasteiger partial charge in [0, 0.05) is 63.6 Å². The van der Waals surface area contributed by atoms with Gasteiger partial charge in [-0.3, -0.25) is 44.5 Å². The molecule has 5 aromatic rings. The lowest BCUT2D eigenvalue weighted by Gasteiger charge is -2.25. The summed E-state index contributed by atoms with van der Waals surface area (Å²) in [6.07, 6.45) is 18.3. The summed E-state index contributed by atoms with van der Waals surface area (Å²) < 4.78 is 15.3. The topological polar surface area (TPSA) is 268 Å². The van der Waals surface area contributed by atoms with Gasteiger partial charge in [0.15, 0.2) is 11.5 Å². The molecular formula is C52H84N16O5S. The van der Waals surface area contributed by atoms with E-state index in [1.807, 2.05) is 62.4 Å². The van der Waals surface area contributed by atoms with E-state index in [0.29, 0.717) is 30.0 Å². The zero-order valence-corrected chi connectivity index (χ0v) is 47.6. The maximum Gasteiger partial charge on any atom is 0.356 e. The first-order valence-electron chi connectivity index (χ1n) is 24.8. The first-order chi connectivity index (χ1) is 34.8. The average Bonchev–Trinajstić information content (AvgIpc) is 3.39. The lowest BCUT2D eigenvalue weighted by atomic mass is 10.1. The Morgan fingerprint density at radius 3 is 1.32 bits per heavy atom. The molecule has 2 unspecified atom stereocenters. The Kier molecular flexibility index (Phi) is 31.4. The molecule has 5 aromatic heterocycles. The Balaban J connectivity index is 0.000000471. The largest absolute Gasteiger partial charge is 0.476 e. The van der Waals surface area contributed by atoms with Gasteiger partial charge in [0.25, 0.3) is 5.91 Å². The molecule has 0 saturated heterocycles. The number of carboxylic acids is 1. The van der Waals surface area contributed by atoms with Crippen molar-refractivity contribution in [3.8, 4) is 0 Å². The number of Topliss-reactive ketones (excluding diaryl/α,β-unsaturated/α-hetero) is 1. The van der Waals surface area contributed by atoms with Crippen LogP contribution >= 0.6 is 0 Å². The van der Waals surface area contributed by atoms with E-state index in [4.69, 9.17) is 10.8 Å². The van der Waals surface area contributed by atoms with Gasteiger partial charge in [0.2, 0.25) is 0 Å². The number of ketones is 1. The molecule has 0 aliphatic rings. The van der Waals surface area contributed by atoms with Crippen molar-refractivity contribution in [3.05, 3.63) is 119 Å². The van der Waals surface area contributed by atoms with Gasteiger partial charge in [0.1, 0.15) is 11.4 Å². The molecule has 74 heavy (non-hydrogen) atoms. The van der Waals surface area contributed by atoms with Crippen LogP contribution in [0.3, 0.4) is 0 Å². The first kappa shape index (κ1) is 66.0. The van der Waals surface area contributed by atoms with Crippen LogP contribution in [-0.2, 0) is 11.0 Å². The van der Waals surface area contributed by atoms with Crippen molar-refractivity contribution >= 4 is 28.6 Å². The van der Waals surface area contributed by atoms with Gasteiger partial charge in [-0.15, -0.1) is 0 Å². The van der Waals surface area contributed by atoms with Crippen LogP contribution in [0.1, 0.15) is 151 Å². The molecule has 0 fully saturated rings. The molecule has 3 atom stereocenters. The Morgan fingerprint density at radius 2 is 0.946 bits per heavy atom. The molecular weight excluding hydrogens is 961 g/mol. The van der Waals surface area contributed by atoms with Crippen LogP contribution < -0.4 is 10.5 Å². The maximum atomic E-state index is 12.4. The van der Waals surface area contributed by atoms with Gasteiger partial charge in [-0.05, 0) is 129 Å². The number of aryl methyl sites for hydroxylation is 5. The molecule has 4 N–H and O–H groups in total. The minimum atomic E-state index is -1.13. The second-order valence-corrected chi connectivity index (χ2v) is 20.5. The van der Waals surface area contributed by atoms with Crippen molar-refractivity contribution in [1.29, 1.82) is 0 Å². The van der Waals surface area contributed by atoms with E-state index in [1.165, 1.54) is 18.6 Å². The molecule has 0 bridgehead atoms. The zero-order chi connectivity index (χ0) is 56.0. The van der Waals surface area contributed by atoms with E-state index < -0.39 is 17.0 Å². The third-order valence-electron chi connectivity index (χ3n) is 11.0. The van der Waals surface area contributed by atoms with E-state index in [0.717, 1.165) is 86.3 Å². The van der Waals surface area contributed by atoms with Crippen molar-refractivity contribution in [2.75, 3.05) is 74.0 Å². The molecule has 22 heteroatoms. The number of carbonyl (C=O) groups is 3. The third kappa shape index (κ3) is 27.3. The van der Waals surface area contributed by atoms with Crippen LogP contribution in [0.2, 0.25) is 0 Å². The summed E-state index contributed by atoms with van der Waals surface area (Å²) in [5, 5.41) is 8.37. The SMILES string of the molecule is CCN(C)C(=O)c1cnc(C)cn1.CCN(C)CCC(=O)c1cnc(C)cn1.CCN(C)CCC(N)c1cnc(C)cn1.CCN(C)CCC(N[S@](=O)C(C)(C)C)c1cnc(C)cn1.Cc1cnc(C(=O)O)cn1. The van der Waals surface area contributed by atoms with Crippen molar-refractivity contribution in [2.24, 2.45) is 5.73 Å². The van der Waals surface area contributed by atoms with E-state index in [-0.39, 0.29) is 34.2 Å². The Bertz CT molecular complexity index is 2370. The van der Waals surface area contributed by atoms with E-state index in [9.17, 15) is 18.6 Å². The number of nitrogens with two attached hydrogens (primary N) is 1. The van der Waals surface area contributed by atoms with Crippen LogP contribution in [0.25, 0.3) is 0 Å². The zero-order valence-electron chi connectivity index (χ0n) is 46.8. The van der Waals surface area contributed by atoms with Crippen LogP contribution in [-0.4, -0.2) is 175 Å². The summed E-state index contributed by atoms with van der Waals surface area (Å²) in [7, 11) is 6.78. The number of aromatic nitrogens is 10. The highest BCUT2D eigenvalue weighted by Crippen LogP contribution is 2.19. The average molecular weight is 1050 g/mol. The third-order valence-corrected chi connectivity index (χ3v) is 12.6. The number of hydrogen-bond donors (Lipinski definition) is 3. The van der Waals surface area contributed by atoms with E-state index in [1.54, 1.807) is 62.2 Å². The summed E-state index contributed by atoms with van der Waals surface area (Å²) in [5.74, 6) is -1.08. The van der Waals surface area contributed by atoms with E-state index >= 15 is 0 Å². The van der Waals surface area contributed by atoms with Crippen molar-refractivity contribution in [2.45, 2.75) is 119 Å². The molecule has 0 saturated carbocycles. The molecule has 5 heterocycles. The van der Waals surface area contributed by atoms with Gasteiger partial charge in [-0.2, -0.15) is 0 Å². The molecule has 0 aromatic carbocycles. The van der Waals surface area contributed by atoms with Crippen molar-refractivity contribution in [1.82, 2.24) is 74.2 Å². The molecule has 0 spiro atoms. The van der Waals surface area contributed by atoms with Crippen LogP contribution in [0.15, 0.2) is 62.0 Å². The van der Waals surface area contributed by atoms with Gasteiger partial charge < -0.3 is 30.4 Å². The normalized spacial score (nSPS) is 12.1. The predicted octanol–water partition coefficient (Wildman–Crippen LogP) is 6.02. The van der Waals surface area contributed by atoms with Crippen LogP contribution in [0.4, 0.5) is 0 Å². The monoisotopic (exact) mass is 1040 g/mol. The number of rotatable bonds is 20. The number of carboxylic acid groups (broad SMARTS) is 1. The molecule has 0 aliphatic carbocycles. The highest BCUT2D eigenvalue weighted by Gasteiger charge is 2.25. The minimum absolute atomic E-state index is 0.00731. The summed E-state index contributed by atoms with van der Waals surface area (Å²) in [4.78, 5) is 82.2. The maximum absolute atomic E-state index is 12.4. The molecule has 21 nitrogen and oxygen atoms in total. The van der Waals surface area contributed by atoms with Gasteiger partial charge in [-0.25, -0.2) is 28.7 Å². The van der Waals surface area contributed by atoms with Crippen molar-refractivity contribution < 1.29 is 23.7 Å². The van der Waals surface area contributed by atoms with Crippen LogP contribution in [0, 0.1) is 34.6 Å². The van der Waals surface area contributed by atoms with Crippen LogP contribution in [0.5, 0.6) is 0 Å². The lowest BCUT2D eigenvalue weighted by Crippen LogP contribution is -2.37. The van der Waals surface area contributed by atoms with Gasteiger partial charge in [0.05, 0.1) is 92.6 Å². The predicted molar refractivity (Wildman–Crippen MR) is 292 cm³/mol. The number of nitrogens with one attached hydrogen (secondary N) is 1. The standard InChI is InChI=1S/C15H28N4OS.C11H20N4.C11H17N3O.C9H13N3O.C6H6N2O2/c1-7-19(6)9-8-13(18-21(20)15(3,4)5)14-11-16-12(2)10-17-14;1-4-15(3)6-5-10(12)11-8-13-9(2)7-14-11;1-4-14(3)6-5-11(15)10-8-12-9(2)7-13-10;1-4-12(3)9(13)8-6-10-7(2)5-11-8;1-4-2-8-5(3-7-4)6(9)10/h10-11,13,18H,7-9H2,1-6H3;7-8,10H,4-6,12H2,1-3H3;7-8H,4-6H2,1-3H3;5-6H,4H2,1-3H3;2-3H,1H3,(H,9,10)/t13?,21-;;;;/m1..../s1. The number of nitrogens with zero attached hydrogens (tertiary/aromatic N) is 14. The molecule has 1 amide bonds. The summed E-state index contributed by atoms with van der Waals surface area (Å²) in [6, 6.07) is -0.0562. The minimum Gasteiger partial charge on any atom is -0.476 e. The molecule has 5 rings (SSSR count). The Hall–Kier alpha value is -6.04. The Morgan fingerprint density at radius 1 is 0.554 bits per heavy atom. The highest BCUT2D eigenvalue weighted by atomic mass is 32.2. The quantitative estimate of drug-likeness (QED) is 0.0753. The second-order valence-electron chi connectivity index (χ2n) is 18.5. The smallest absolute Gasteiger partial charge is 0.356 e. The van der Waals surface area contributed by atoms with Gasteiger partial charge >= 0.3 is 5.97 Å². The molecule has 0 aliphatic heterocycles. The molecule has 0 radical (unpaired) electrons. The summed E-state index contributed by atoms with van der Waals surface area (Å²) >= 11 is 0. The van der Waals surface area contributed by atoms with E-state index in [2.05, 4.69) is 104 Å². The number of carbonyl (C=O) groups excluding carboxylic acids is 2. The fourth-order valence-electron chi connectivity index (χ4n) is 5.38. The lowest BCUT2D eigenvalue weighted by molar-refractivity contribution is 0.0689. The fourth-order valence-corrected chi connectivity index (χ4v) is 6.23. The van der Waals surface area contributed by atoms with Gasteiger partial charge in [-0.1, -0.05) is 20.8 Å². The number of amides is 1. The summed E-state index contributed by atoms with van der Waals surface area (Å²) in [5.41, 5.74) is 12.8. The Labute approximate surface area is 442 Å². The second kappa shape index (κ2) is 35.2.